The van der Waals surface area contributed by atoms with E-state index >= 15 is 0 Å². The third kappa shape index (κ3) is 4.72. The van der Waals surface area contributed by atoms with Gasteiger partial charge in [0.2, 0.25) is 0 Å². The first-order valence-electron chi connectivity index (χ1n) is 6.20. The summed E-state index contributed by atoms with van der Waals surface area (Å²) in [6.45, 7) is 3.21. The molecule has 0 amide bonds. The van der Waals surface area contributed by atoms with E-state index in [4.69, 9.17) is 21.8 Å². The average molecular weight is 356 g/mol. The number of allylic oxidation sites excluding steroid dienone is 2. The van der Waals surface area contributed by atoms with Crippen LogP contribution in [-0.4, -0.2) is 33.5 Å². The van der Waals surface area contributed by atoms with E-state index in [-0.39, 0.29) is 5.69 Å². The number of rotatable bonds is 3. The zero-order valence-corrected chi connectivity index (χ0v) is 12.7. The first-order chi connectivity index (χ1) is 10.4. The highest BCUT2D eigenvalue weighted by molar-refractivity contribution is 6.30. The third-order valence-electron chi connectivity index (χ3n) is 3.43. The summed E-state index contributed by atoms with van der Waals surface area (Å²) in [5, 5.41) is 18.8. The van der Waals surface area contributed by atoms with Crippen molar-refractivity contribution in [1.82, 2.24) is 5.16 Å². The molecule has 1 aliphatic carbocycles. The minimum absolute atomic E-state index is 0.0648. The van der Waals surface area contributed by atoms with Crippen LogP contribution < -0.4 is 0 Å². The molecule has 1 aromatic heterocycles. The lowest BCUT2D eigenvalue weighted by Gasteiger charge is -2.04. The molecule has 2 atom stereocenters. The van der Waals surface area contributed by atoms with E-state index < -0.39 is 40.4 Å². The smallest absolute Gasteiger partial charge is 0.426 e. The van der Waals surface area contributed by atoms with Crippen LogP contribution in [0.4, 0.5) is 13.2 Å². The first-order valence-corrected chi connectivity index (χ1v) is 6.57. The van der Waals surface area contributed by atoms with E-state index in [1.165, 1.54) is 12.3 Å². The summed E-state index contributed by atoms with van der Waals surface area (Å²) in [4.78, 5) is 20.6. The van der Waals surface area contributed by atoms with Crippen LogP contribution in [-0.2, 0) is 4.79 Å². The summed E-state index contributed by atoms with van der Waals surface area (Å²) >= 11 is 5.03. The Balaban J connectivity index is 0.000000277. The lowest BCUT2D eigenvalue weighted by atomic mass is 10.1. The Hall–Kier alpha value is -2.03. The Kier molecular flexibility index (Phi) is 5.47. The van der Waals surface area contributed by atoms with Crippen LogP contribution in [0.2, 0.25) is 0 Å². The van der Waals surface area contributed by atoms with Crippen LogP contribution in [0.25, 0.3) is 0 Å². The van der Waals surface area contributed by atoms with Crippen LogP contribution in [0.15, 0.2) is 28.0 Å². The molecule has 1 fully saturated rings. The van der Waals surface area contributed by atoms with Crippen LogP contribution in [0, 0.1) is 17.3 Å². The SMILES string of the molecule is CC1(C)[C@H](C(=O)O)[C@@H]1C=C(Cl)C(F)(F)F.O=C(O)c1ccon1. The molecule has 0 aliphatic heterocycles. The Bertz CT molecular complexity index is 610. The molecule has 6 nitrogen and oxygen atoms in total. The maximum Gasteiger partial charge on any atom is 0.426 e. The van der Waals surface area contributed by atoms with E-state index in [0.717, 1.165) is 6.08 Å². The maximum absolute atomic E-state index is 12.1. The summed E-state index contributed by atoms with van der Waals surface area (Å²) in [6, 6.07) is 1.28. The van der Waals surface area contributed by atoms with Gasteiger partial charge in [-0.1, -0.05) is 36.7 Å². The van der Waals surface area contributed by atoms with Gasteiger partial charge in [0.15, 0.2) is 5.69 Å². The van der Waals surface area contributed by atoms with Gasteiger partial charge in [0.1, 0.15) is 11.3 Å². The Morgan fingerprint density at radius 1 is 1.39 bits per heavy atom. The average Bonchev–Trinajstić information content (AvgIpc) is 2.81. The normalized spacial score (nSPS) is 22.8. The van der Waals surface area contributed by atoms with Gasteiger partial charge in [-0.25, -0.2) is 4.79 Å². The molecule has 10 heteroatoms. The van der Waals surface area contributed by atoms with Crippen LogP contribution >= 0.6 is 11.6 Å². The molecule has 1 aliphatic rings. The van der Waals surface area contributed by atoms with Gasteiger partial charge in [-0.05, 0) is 11.3 Å². The molecular weight excluding hydrogens is 343 g/mol. The van der Waals surface area contributed by atoms with Crippen molar-refractivity contribution in [2.24, 2.45) is 17.3 Å². The highest BCUT2D eigenvalue weighted by atomic mass is 35.5. The zero-order valence-electron chi connectivity index (χ0n) is 12.0. The lowest BCUT2D eigenvalue weighted by molar-refractivity contribution is -0.139. The van der Waals surface area contributed by atoms with Gasteiger partial charge in [-0.2, -0.15) is 13.2 Å². The molecule has 0 radical (unpaired) electrons. The van der Waals surface area contributed by atoms with E-state index in [2.05, 4.69) is 9.68 Å². The van der Waals surface area contributed by atoms with Crippen molar-refractivity contribution >= 4 is 23.5 Å². The van der Waals surface area contributed by atoms with Gasteiger partial charge in [0.25, 0.3) is 0 Å². The Morgan fingerprint density at radius 3 is 2.22 bits per heavy atom. The Labute approximate surface area is 133 Å². The van der Waals surface area contributed by atoms with Crippen molar-refractivity contribution in [3.8, 4) is 0 Å². The molecule has 128 valence electrons. The molecule has 0 aromatic carbocycles. The van der Waals surface area contributed by atoms with Crippen molar-refractivity contribution < 1.29 is 37.5 Å². The molecule has 2 rings (SSSR count). The minimum atomic E-state index is -4.59. The second-order valence-electron chi connectivity index (χ2n) is 5.37. The molecule has 23 heavy (non-hydrogen) atoms. The van der Waals surface area contributed by atoms with E-state index in [1.54, 1.807) is 13.8 Å². The summed E-state index contributed by atoms with van der Waals surface area (Å²) in [5.41, 5.74) is -0.720. The van der Waals surface area contributed by atoms with Crippen LogP contribution in [0.1, 0.15) is 24.3 Å². The van der Waals surface area contributed by atoms with Gasteiger partial charge in [0, 0.05) is 6.07 Å². The molecule has 0 bridgehead atoms. The zero-order chi connectivity index (χ0) is 18.0. The fourth-order valence-electron chi connectivity index (χ4n) is 2.04. The second-order valence-corrected chi connectivity index (χ2v) is 5.77. The number of hydrogen-bond acceptors (Lipinski definition) is 4. The summed E-state index contributed by atoms with van der Waals surface area (Å²) in [6.07, 6.45) is -2.59. The van der Waals surface area contributed by atoms with Gasteiger partial charge in [-0.15, -0.1) is 0 Å². The quantitative estimate of drug-likeness (QED) is 0.861. The number of nitrogens with zero attached hydrogens (tertiary/aromatic N) is 1. The molecule has 0 saturated heterocycles. The number of hydrogen-bond donors (Lipinski definition) is 2. The van der Waals surface area contributed by atoms with Gasteiger partial charge in [-0.3, -0.25) is 4.79 Å². The molecule has 0 unspecified atom stereocenters. The summed E-state index contributed by atoms with van der Waals surface area (Å²) in [7, 11) is 0. The topological polar surface area (TPSA) is 101 Å². The van der Waals surface area contributed by atoms with Gasteiger partial charge in [0.05, 0.1) is 5.92 Å². The fourth-order valence-corrected chi connectivity index (χ4v) is 2.17. The van der Waals surface area contributed by atoms with E-state index in [1.807, 2.05) is 0 Å². The van der Waals surface area contributed by atoms with E-state index in [0.29, 0.717) is 0 Å². The number of halogens is 4. The van der Waals surface area contributed by atoms with Crippen molar-refractivity contribution in [3.63, 3.8) is 0 Å². The van der Waals surface area contributed by atoms with Gasteiger partial charge < -0.3 is 14.7 Å². The standard InChI is InChI=1S/C9H10ClF3O2.C4H3NO3/c1-8(2)4(6(8)7(14)15)3-5(10)9(11,12)13;6-4(7)3-1-2-8-5-3/h3-4,6H,1-2H3,(H,14,15);1-2H,(H,6,7)/t4-,6-;/m0./s1. The fraction of sp³-hybridized carbons (Fsp3) is 0.462. The third-order valence-corrected chi connectivity index (χ3v) is 3.77. The lowest BCUT2D eigenvalue weighted by Crippen LogP contribution is -2.07. The maximum atomic E-state index is 12.1. The predicted octanol–water partition coefficient (Wildman–Crippen LogP) is 3.40. The molecule has 1 heterocycles. The van der Waals surface area contributed by atoms with Crippen molar-refractivity contribution in [2.75, 3.05) is 0 Å². The van der Waals surface area contributed by atoms with Crippen LogP contribution in [0.3, 0.4) is 0 Å². The van der Waals surface area contributed by atoms with Crippen molar-refractivity contribution in [2.45, 2.75) is 20.0 Å². The van der Waals surface area contributed by atoms with Crippen molar-refractivity contribution in [3.05, 3.63) is 29.1 Å². The van der Waals surface area contributed by atoms with Crippen molar-refractivity contribution in [1.29, 1.82) is 0 Å². The second kappa shape index (κ2) is 6.61. The molecule has 2 N–H and O–H groups in total. The summed E-state index contributed by atoms with van der Waals surface area (Å²) in [5.74, 6) is -3.59. The molecule has 1 aromatic rings. The number of carbonyl (C=O) groups is 2. The number of alkyl halides is 3. The molecule has 0 spiro atoms. The number of aliphatic carboxylic acids is 1. The number of carboxylic acids is 2. The monoisotopic (exact) mass is 355 g/mol. The minimum Gasteiger partial charge on any atom is -0.481 e. The number of carboxylic acid groups (broad SMARTS) is 2. The number of aromatic nitrogens is 1. The van der Waals surface area contributed by atoms with Crippen LogP contribution in [0.5, 0.6) is 0 Å². The largest absolute Gasteiger partial charge is 0.481 e. The van der Waals surface area contributed by atoms with E-state index in [9.17, 15) is 22.8 Å². The summed E-state index contributed by atoms with van der Waals surface area (Å²) < 4.78 is 40.5. The predicted molar refractivity (Wildman–Crippen MR) is 71.9 cm³/mol. The molecule has 1 saturated carbocycles. The highest BCUT2D eigenvalue weighted by Gasteiger charge is 2.61. The Morgan fingerprint density at radius 2 is 1.96 bits per heavy atom. The number of aromatic carboxylic acids is 1. The molecular formula is C13H13ClF3NO5. The van der Waals surface area contributed by atoms with Gasteiger partial charge >= 0.3 is 18.1 Å². The first kappa shape index (κ1) is 19.0. The highest BCUT2D eigenvalue weighted by Crippen LogP contribution is 2.60.